The van der Waals surface area contributed by atoms with E-state index in [2.05, 4.69) is 34.9 Å². The molecule has 7 heteroatoms. The van der Waals surface area contributed by atoms with Crippen molar-refractivity contribution in [1.82, 2.24) is 16.2 Å². The van der Waals surface area contributed by atoms with Crippen LogP contribution in [-0.2, 0) is 11.2 Å². The molecule has 0 heterocycles. The molecule has 0 aliphatic rings. The maximum Gasteiger partial charge on any atom is 0.269 e. The Morgan fingerprint density at radius 2 is 1.26 bits per heavy atom. The Morgan fingerprint density at radius 1 is 0.706 bits per heavy atom. The lowest BCUT2D eigenvalue weighted by molar-refractivity contribution is -0.123. The molecule has 176 valence electrons. The van der Waals surface area contributed by atoms with Crippen LogP contribution >= 0.6 is 0 Å². The summed E-state index contributed by atoms with van der Waals surface area (Å²) in [7, 11) is 0. The number of hydrogen-bond acceptors (Lipinski definition) is 4. The Morgan fingerprint density at radius 3 is 1.85 bits per heavy atom. The minimum Gasteiger partial charge on any atom is -0.372 e. The average Bonchev–Trinajstić information content (AvgIpc) is 2.89. The summed E-state index contributed by atoms with van der Waals surface area (Å²) in [6.45, 7) is 5.88. The number of benzene rings is 3. The van der Waals surface area contributed by atoms with Crippen LogP contribution in [0, 0.1) is 0 Å². The third kappa shape index (κ3) is 6.68. The summed E-state index contributed by atoms with van der Waals surface area (Å²) >= 11 is 0. The number of carbonyl (C=O) groups excluding carboxylic acids is 3. The fraction of sp³-hybridized carbons (Fsp3) is 0.222. The lowest BCUT2D eigenvalue weighted by Gasteiger charge is -2.21. The number of nitrogens with zero attached hydrogens (tertiary/aromatic N) is 1. The second-order valence-corrected chi connectivity index (χ2v) is 7.74. The van der Waals surface area contributed by atoms with Crippen molar-refractivity contribution in [2.75, 3.05) is 18.0 Å². The van der Waals surface area contributed by atoms with Gasteiger partial charge in [0.25, 0.3) is 17.7 Å². The van der Waals surface area contributed by atoms with E-state index in [1.54, 1.807) is 36.4 Å². The quantitative estimate of drug-likeness (QED) is 0.429. The molecule has 0 saturated carbocycles. The van der Waals surface area contributed by atoms with Gasteiger partial charge in [-0.05, 0) is 55.8 Å². The highest BCUT2D eigenvalue weighted by Gasteiger charge is 2.22. The van der Waals surface area contributed by atoms with E-state index >= 15 is 0 Å². The molecule has 1 atom stereocenters. The van der Waals surface area contributed by atoms with Gasteiger partial charge < -0.3 is 10.2 Å². The fourth-order valence-electron chi connectivity index (χ4n) is 3.58. The summed E-state index contributed by atoms with van der Waals surface area (Å²) in [6.07, 6.45) is 0.277. The zero-order chi connectivity index (χ0) is 24.3. The van der Waals surface area contributed by atoms with Gasteiger partial charge in [-0.3, -0.25) is 25.2 Å². The summed E-state index contributed by atoms with van der Waals surface area (Å²) in [5.41, 5.74) is 7.68. The van der Waals surface area contributed by atoms with Crippen LogP contribution in [0.25, 0.3) is 0 Å². The first kappa shape index (κ1) is 24.5. The normalized spacial score (nSPS) is 11.2. The number of hydrazine groups is 1. The van der Waals surface area contributed by atoms with Crippen LogP contribution in [0.5, 0.6) is 0 Å². The highest BCUT2D eigenvalue weighted by atomic mass is 16.2. The summed E-state index contributed by atoms with van der Waals surface area (Å²) in [5.74, 6) is -1.32. The molecule has 3 aromatic rings. The number of anilines is 1. The van der Waals surface area contributed by atoms with Crippen molar-refractivity contribution >= 4 is 23.4 Å². The average molecular weight is 459 g/mol. The van der Waals surface area contributed by atoms with E-state index in [0.717, 1.165) is 24.3 Å². The fourth-order valence-corrected chi connectivity index (χ4v) is 3.58. The molecule has 0 aromatic heterocycles. The summed E-state index contributed by atoms with van der Waals surface area (Å²) in [4.78, 5) is 40.3. The summed E-state index contributed by atoms with van der Waals surface area (Å²) in [5, 5.41) is 2.77. The van der Waals surface area contributed by atoms with Crippen molar-refractivity contribution in [3.63, 3.8) is 0 Å². The number of hydrogen-bond donors (Lipinski definition) is 3. The third-order valence-corrected chi connectivity index (χ3v) is 5.50. The van der Waals surface area contributed by atoms with Crippen LogP contribution in [0.1, 0.15) is 40.1 Å². The molecule has 0 spiro atoms. The lowest BCUT2D eigenvalue weighted by Crippen LogP contribution is -2.53. The molecular weight excluding hydrogens is 428 g/mol. The van der Waals surface area contributed by atoms with Crippen molar-refractivity contribution < 1.29 is 14.4 Å². The molecule has 34 heavy (non-hydrogen) atoms. The molecule has 3 aromatic carbocycles. The molecule has 0 aliphatic carbocycles. The Kier molecular flexibility index (Phi) is 8.80. The van der Waals surface area contributed by atoms with Crippen LogP contribution in [0.15, 0.2) is 84.9 Å². The number of amides is 3. The number of rotatable bonds is 9. The van der Waals surface area contributed by atoms with Crippen LogP contribution in [-0.4, -0.2) is 36.9 Å². The van der Waals surface area contributed by atoms with Crippen molar-refractivity contribution in [1.29, 1.82) is 0 Å². The largest absolute Gasteiger partial charge is 0.372 e. The van der Waals surface area contributed by atoms with E-state index in [1.807, 2.05) is 48.5 Å². The van der Waals surface area contributed by atoms with Crippen LogP contribution in [0.4, 0.5) is 5.69 Å². The first-order valence-electron chi connectivity index (χ1n) is 11.4. The molecule has 7 nitrogen and oxygen atoms in total. The molecular formula is C27H30N4O3. The zero-order valence-electron chi connectivity index (χ0n) is 19.5. The second-order valence-electron chi connectivity index (χ2n) is 7.74. The van der Waals surface area contributed by atoms with Gasteiger partial charge in [-0.1, -0.05) is 48.5 Å². The Bertz CT molecular complexity index is 1080. The molecule has 3 rings (SSSR count). The van der Waals surface area contributed by atoms with E-state index in [9.17, 15) is 14.4 Å². The summed E-state index contributed by atoms with van der Waals surface area (Å²) in [6, 6.07) is 24.4. The SMILES string of the molecule is CCN(CC)c1ccc(C(=O)NNC(=O)C(Cc2ccccc2)NC(=O)c2ccccc2)cc1. The maximum absolute atomic E-state index is 12.9. The van der Waals surface area contributed by atoms with Gasteiger partial charge in [0.2, 0.25) is 0 Å². The second kappa shape index (κ2) is 12.2. The first-order valence-corrected chi connectivity index (χ1v) is 11.4. The molecule has 0 bridgehead atoms. The van der Waals surface area contributed by atoms with Gasteiger partial charge in [0.15, 0.2) is 0 Å². The van der Waals surface area contributed by atoms with Crippen molar-refractivity contribution in [3.8, 4) is 0 Å². The topological polar surface area (TPSA) is 90.5 Å². The van der Waals surface area contributed by atoms with Crippen molar-refractivity contribution in [3.05, 3.63) is 102 Å². The van der Waals surface area contributed by atoms with Crippen LogP contribution < -0.4 is 21.1 Å². The predicted octanol–water partition coefficient (Wildman–Crippen LogP) is 3.34. The molecule has 3 amide bonds. The zero-order valence-corrected chi connectivity index (χ0v) is 19.5. The van der Waals surface area contributed by atoms with Gasteiger partial charge in [0.1, 0.15) is 6.04 Å². The smallest absolute Gasteiger partial charge is 0.269 e. The minimum absolute atomic E-state index is 0.277. The first-order chi connectivity index (χ1) is 16.5. The Balaban J connectivity index is 1.65. The molecule has 0 radical (unpaired) electrons. The third-order valence-electron chi connectivity index (χ3n) is 5.50. The van der Waals surface area contributed by atoms with Crippen molar-refractivity contribution in [2.45, 2.75) is 26.3 Å². The molecule has 3 N–H and O–H groups in total. The minimum atomic E-state index is -0.875. The number of carbonyl (C=O) groups is 3. The van der Waals surface area contributed by atoms with E-state index in [0.29, 0.717) is 11.1 Å². The van der Waals surface area contributed by atoms with Gasteiger partial charge >= 0.3 is 0 Å². The van der Waals surface area contributed by atoms with Crippen molar-refractivity contribution in [2.24, 2.45) is 0 Å². The highest BCUT2D eigenvalue weighted by molar-refractivity contribution is 5.99. The molecule has 0 aliphatic heterocycles. The monoisotopic (exact) mass is 458 g/mol. The highest BCUT2D eigenvalue weighted by Crippen LogP contribution is 2.14. The van der Waals surface area contributed by atoms with E-state index in [-0.39, 0.29) is 12.3 Å². The van der Waals surface area contributed by atoms with Gasteiger partial charge in [-0.15, -0.1) is 0 Å². The van der Waals surface area contributed by atoms with Gasteiger partial charge in [-0.2, -0.15) is 0 Å². The predicted molar refractivity (Wildman–Crippen MR) is 133 cm³/mol. The lowest BCUT2D eigenvalue weighted by atomic mass is 10.0. The Labute approximate surface area is 200 Å². The van der Waals surface area contributed by atoms with E-state index < -0.39 is 17.9 Å². The van der Waals surface area contributed by atoms with Gasteiger partial charge in [0, 0.05) is 36.3 Å². The van der Waals surface area contributed by atoms with E-state index in [1.165, 1.54) is 0 Å². The van der Waals surface area contributed by atoms with Crippen LogP contribution in [0.3, 0.4) is 0 Å². The summed E-state index contributed by atoms with van der Waals surface area (Å²) < 4.78 is 0. The molecule has 0 fully saturated rings. The Hall–Kier alpha value is -4.13. The maximum atomic E-state index is 12.9. The van der Waals surface area contributed by atoms with E-state index in [4.69, 9.17) is 0 Å². The standard InChI is InChI=1S/C27H30N4O3/c1-3-31(4-2)23-17-15-22(16-18-23)26(33)29-30-27(34)24(19-20-11-7-5-8-12-20)28-25(32)21-13-9-6-10-14-21/h5-18,24H,3-4,19H2,1-2H3,(H,28,32)(H,29,33)(H,30,34). The van der Waals surface area contributed by atoms with Gasteiger partial charge in [0.05, 0.1) is 0 Å². The van der Waals surface area contributed by atoms with Gasteiger partial charge in [-0.25, -0.2) is 0 Å². The molecule has 1 unspecified atom stereocenters. The van der Waals surface area contributed by atoms with Crippen LogP contribution in [0.2, 0.25) is 0 Å². The number of nitrogens with one attached hydrogen (secondary N) is 3. The molecule has 0 saturated heterocycles.